The lowest BCUT2D eigenvalue weighted by molar-refractivity contribution is 0.361. The van der Waals surface area contributed by atoms with Gasteiger partial charge in [-0.15, -0.1) is 0 Å². The van der Waals surface area contributed by atoms with Crippen molar-refractivity contribution in [3.05, 3.63) is 35.5 Å². The van der Waals surface area contributed by atoms with Crippen molar-refractivity contribution in [3.8, 4) is 17.9 Å². The van der Waals surface area contributed by atoms with Gasteiger partial charge in [-0.25, -0.2) is 8.78 Å². The molecule has 0 aliphatic rings. The third-order valence-corrected chi connectivity index (χ3v) is 1.87. The van der Waals surface area contributed by atoms with Gasteiger partial charge < -0.3 is 10.1 Å². The van der Waals surface area contributed by atoms with Gasteiger partial charge >= 0.3 is 0 Å². The summed E-state index contributed by atoms with van der Waals surface area (Å²) in [7, 11) is 1.14. The monoisotopic (exact) mass is 235 g/mol. The van der Waals surface area contributed by atoms with E-state index < -0.39 is 17.4 Å². The topological polar surface area (TPSA) is 68.8 Å². The Balaban J connectivity index is 3.07. The molecule has 17 heavy (non-hydrogen) atoms. The van der Waals surface area contributed by atoms with E-state index in [1.54, 1.807) is 12.1 Å². The lowest BCUT2D eigenvalue weighted by atomic mass is 10.2. The highest BCUT2D eigenvalue weighted by Gasteiger charge is 2.13. The van der Waals surface area contributed by atoms with Crippen LogP contribution in [-0.4, -0.2) is 7.11 Å². The molecule has 0 heterocycles. The number of anilines is 1. The van der Waals surface area contributed by atoms with E-state index in [0.29, 0.717) is 0 Å². The number of allylic oxidation sites excluding steroid dienone is 1. The van der Waals surface area contributed by atoms with Crippen LogP contribution in [0.5, 0.6) is 5.75 Å². The molecule has 0 aliphatic heterocycles. The first-order valence-corrected chi connectivity index (χ1v) is 4.43. The number of methoxy groups -OCH3 is 1. The number of rotatable bonds is 3. The Labute approximate surface area is 96.3 Å². The third-order valence-electron chi connectivity index (χ3n) is 1.87. The molecule has 1 aromatic carbocycles. The molecule has 0 saturated carbocycles. The average Bonchev–Trinajstić information content (AvgIpc) is 2.33. The zero-order valence-electron chi connectivity index (χ0n) is 8.79. The maximum Gasteiger partial charge on any atom is 0.192 e. The van der Waals surface area contributed by atoms with E-state index in [1.165, 1.54) is 0 Å². The summed E-state index contributed by atoms with van der Waals surface area (Å²) in [6.45, 7) is 0. The van der Waals surface area contributed by atoms with Crippen molar-refractivity contribution in [2.24, 2.45) is 0 Å². The molecular formula is C11H7F2N3O. The summed E-state index contributed by atoms with van der Waals surface area (Å²) >= 11 is 0. The highest BCUT2D eigenvalue weighted by molar-refractivity contribution is 5.54. The molecule has 0 atom stereocenters. The Kier molecular flexibility index (Phi) is 4.02. The SMILES string of the molecule is COc1c(F)ccc(NC=C(C#N)C#N)c1F. The normalized spacial score (nSPS) is 8.76. The average molecular weight is 235 g/mol. The molecule has 1 N–H and O–H groups in total. The smallest absolute Gasteiger partial charge is 0.192 e. The van der Waals surface area contributed by atoms with Crippen molar-refractivity contribution in [1.82, 2.24) is 0 Å². The number of benzene rings is 1. The van der Waals surface area contributed by atoms with Gasteiger partial charge in [-0.05, 0) is 12.1 Å². The van der Waals surface area contributed by atoms with E-state index in [-0.39, 0.29) is 11.3 Å². The number of hydrogen-bond acceptors (Lipinski definition) is 4. The fourth-order valence-corrected chi connectivity index (χ4v) is 1.07. The van der Waals surface area contributed by atoms with Crippen molar-refractivity contribution in [2.45, 2.75) is 0 Å². The molecule has 0 saturated heterocycles. The summed E-state index contributed by atoms with van der Waals surface area (Å²) in [6, 6.07) is 5.33. The molecule has 0 radical (unpaired) electrons. The first-order chi connectivity index (χ1) is 8.13. The van der Waals surface area contributed by atoms with Crippen LogP contribution in [0.2, 0.25) is 0 Å². The van der Waals surface area contributed by atoms with Gasteiger partial charge in [-0.3, -0.25) is 0 Å². The minimum atomic E-state index is -0.932. The first-order valence-electron chi connectivity index (χ1n) is 4.43. The minimum Gasteiger partial charge on any atom is -0.491 e. The number of nitrogens with one attached hydrogen (secondary N) is 1. The molecule has 0 bridgehead atoms. The van der Waals surface area contributed by atoms with Crippen molar-refractivity contribution in [3.63, 3.8) is 0 Å². The summed E-state index contributed by atoms with van der Waals surface area (Å²) < 4.78 is 31.2. The van der Waals surface area contributed by atoms with Gasteiger partial charge in [0.25, 0.3) is 0 Å². The van der Waals surface area contributed by atoms with Crippen LogP contribution in [0, 0.1) is 34.3 Å². The van der Waals surface area contributed by atoms with Crippen LogP contribution in [0.25, 0.3) is 0 Å². The van der Waals surface area contributed by atoms with Gasteiger partial charge in [-0.2, -0.15) is 10.5 Å². The molecule has 0 unspecified atom stereocenters. The van der Waals surface area contributed by atoms with Gasteiger partial charge in [0.2, 0.25) is 0 Å². The number of nitriles is 2. The van der Waals surface area contributed by atoms with E-state index >= 15 is 0 Å². The molecule has 0 aliphatic carbocycles. The van der Waals surface area contributed by atoms with Gasteiger partial charge in [0.1, 0.15) is 17.7 Å². The standard InChI is InChI=1S/C11H7F2N3O/c1-17-11-8(12)2-3-9(10(11)13)16-6-7(4-14)5-15/h2-3,6,16H,1H3. The quantitative estimate of drug-likeness (QED) is 0.816. The van der Waals surface area contributed by atoms with Gasteiger partial charge in [0, 0.05) is 6.20 Å². The fraction of sp³-hybridized carbons (Fsp3) is 0.0909. The Bertz CT molecular complexity index is 525. The van der Waals surface area contributed by atoms with Crippen LogP contribution in [0.1, 0.15) is 0 Å². The summed E-state index contributed by atoms with van der Waals surface area (Å²) in [5.41, 5.74) is -0.320. The Morgan fingerprint density at radius 1 is 1.35 bits per heavy atom. The van der Waals surface area contributed by atoms with E-state index in [0.717, 1.165) is 25.4 Å². The Morgan fingerprint density at radius 2 is 2.00 bits per heavy atom. The second-order valence-corrected chi connectivity index (χ2v) is 2.87. The summed E-state index contributed by atoms with van der Waals surface area (Å²) in [6.07, 6.45) is 1.02. The summed E-state index contributed by atoms with van der Waals surface area (Å²) in [5, 5.41) is 19.3. The van der Waals surface area contributed by atoms with Crippen LogP contribution >= 0.6 is 0 Å². The third kappa shape index (κ3) is 2.70. The number of halogens is 2. The molecule has 1 aromatic rings. The fourth-order valence-electron chi connectivity index (χ4n) is 1.07. The lowest BCUT2D eigenvalue weighted by Gasteiger charge is -2.07. The zero-order chi connectivity index (χ0) is 12.8. The van der Waals surface area contributed by atoms with Crippen LogP contribution < -0.4 is 10.1 Å². The second-order valence-electron chi connectivity index (χ2n) is 2.87. The predicted octanol–water partition coefficient (Wildman–Crippen LogP) is 2.32. The zero-order valence-corrected chi connectivity index (χ0v) is 8.79. The minimum absolute atomic E-state index is 0.0914. The van der Waals surface area contributed by atoms with Crippen LogP contribution in [0.15, 0.2) is 23.9 Å². The van der Waals surface area contributed by atoms with Gasteiger partial charge in [0.15, 0.2) is 17.4 Å². The van der Waals surface area contributed by atoms with Crippen LogP contribution in [0.3, 0.4) is 0 Å². The van der Waals surface area contributed by atoms with E-state index in [9.17, 15) is 8.78 Å². The molecule has 6 heteroatoms. The number of ether oxygens (including phenoxy) is 1. The van der Waals surface area contributed by atoms with E-state index in [4.69, 9.17) is 10.5 Å². The summed E-state index contributed by atoms with van der Waals surface area (Å²) in [5.74, 6) is -2.29. The molecule has 0 amide bonds. The molecule has 86 valence electrons. The van der Waals surface area contributed by atoms with Crippen molar-refractivity contribution in [1.29, 1.82) is 10.5 Å². The van der Waals surface area contributed by atoms with Gasteiger partial charge in [-0.1, -0.05) is 0 Å². The molecule has 0 aromatic heterocycles. The molecule has 4 nitrogen and oxygen atoms in total. The molecule has 0 fully saturated rings. The number of nitrogens with zero attached hydrogens (tertiary/aromatic N) is 2. The van der Waals surface area contributed by atoms with E-state index in [1.807, 2.05) is 0 Å². The van der Waals surface area contributed by atoms with Crippen molar-refractivity contribution < 1.29 is 13.5 Å². The first kappa shape index (κ1) is 12.5. The largest absolute Gasteiger partial charge is 0.491 e. The lowest BCUT2D eigenvalue weighted by Crippen LogP contribution is -1.98. The highest BCUT2D eigenvalue weighted by atomic mass is 19.1. The number of hydrogen-bond donors (Lipinski definition) is 1. The van der Waals surface area contributed by atoms with Crippen molar-refractivity contribution >= 4 is 5.69 Å². The van der Waals surface area contributed by atoms with Crippen LogP contribution in [0.4, 0.5) is 14.5 Å². The predicted molar refractivity (Wildman–Crippen MR) is 55.8 cm³/mol. The van der Waals surface area contributed by atoms with E-state index in [2.05, 4.69) is 10.1 Å². The Hall–Kier alpha value is -2.60. The maximum atomic E-state index is 13.6. The highest BCUT2D eigenvalue weighted by Crippen LogP contribution is 2.27. The Morgan fingerprint density at radius 3 is 2.53 bits per heavy atom. The van der Waals surface area contributed by atoms with Gasteiger partial charge in [0.05, 0.1) is 12.8 Å². The summed E-state index contributed by atoms with van der Waals surface area (Å²) in [4.78, 5) is 0. The second kappa shape index (κ2) is 5.47. The molecule has 0 spiro atoms. The maximum absolute atomic E-state index is 13.6. The molecular weight excluding hydrogens is 228 g/mol. The molecule has 1 rings (SSSR count). The van der Waals surface area contributed by atoms with Crippen molar-refractivity contribution in [2.75, 3.05) is 12.4 Å². The van der Waals surface area contributed by atoms with Crippen LogP contribution in [-0.2, 0) is 0 Å².